The van der Waals surface area contributed by atoms with Gasteiger partial charge in [-0.05, 0) is 11.5 Å². The van der Waals surface area contributed by atoms with Crippen LogP contribution in [0.25, 0.3) is 10.8 Å². The number of unbranched alkanes of at least 4 members (excludes halogenated alkanes) is 3. The molecule has 2 aromatic rings. The Balaban J connectivity index is 0.000000495. The molecule has 0 aromatic heterocycles. The second-order valence-electron chi connectivity index (χ2n) is 4.51. The van der Waals surface area contributed by atoms with Crippen molar-refractivity contribution >= 4 is 20.9 Å². The third-order valence-electron chi connectivity index (χ3n) is 2.88. The van der Waals surface area contributed by atoms with Crippen LogP contribution >= 0.6 is 0 Å². The Morgan fingerprint density at radius 1 is 1.05 bits per heavy atom. The summed E-state index contributed by atoms with van der Waals surface area (Å²) in [5.41, 5.74) is 0. The third-order valence-corrected chi connectivity index (χ3v) is 3.79. The number of rotatable bonds is 4. The Morgan fingerprint density at radius 3 is 2.19 bits per heavy atom. The zero-order valence-corrected chi connectivity index (χ0v) is 15.6. The standard InChI is InChI=1S/C10H8O3S.C6H13.Na/c11-14(12,13)10-7-3-5-8-4-1-2-6-9(8)10;1-3-5-6-4-2;/h1-7H,(H,11,12,13);1,3-6H2,2H3;/q;-1;+1. The van der Waals surface area contributed by atoms with Crippen LogP contribution in [0, 0.1) is 6.92 Å². The molecular weight excluding hydrogens is 295 g/mol. The van der Waals surface area contributed by atoms with E-state index in [1.165, 1.54) is 25.3 Å². The fraction of sp³-hybridized carbons (Fsp3) is 0.312. The largest absolute Gasteiger partial charge is 1.00 e. The van der Waals surface area contributed by atoms with Gasteiger partial charge in [0, 0.05) is 5.39 Å². The molecule has 0 aliphatic rings. The third kappa shape index (κ3) is 6.94. The topological polar surface area (TPSA) is 54.4 Å². The Kier molecular flexibility index (Phi) is 10.2. The summed E-state index contributed by atoms with van der Waals surface area (Å²) in [6.45, 7) is 5.93. The Labute approximate surface area is 149 Å². The van der Waals surface area contributed by atoms with E-state index in [4.69, 9.17) is 4.55 Å². The van der Waals surface area contributed by atoms with E-state index in [0.717, 1.165) is 11.8 Å². The van der Waals surface area contributed by atoms with Crippen LogP contribution < -0.4 is 29.6 Å². The molecule has 5 heteroatoms. The molecule has 0 aliphatic carbocycles. The SMILES string of the molecule is O=S(=O)(O)c1cccc2ccccc12.[CH2-]CCCCC.[Na+]. The fourth-order valence-corrected chi connectivity index (χ4v) is 2.56. The van der Waals surface area contributed by atoms with Gasteiger partial charge in [0.15, 0.2) is 0 Å². The smallest absolute Gasteiger partial charge is 0.343 e. The van der Waals surface area contributed by atoms with Crippen LogP contribution in [0.1, 0.15) is 32.6 Å². The molecule has 0 heterocycles. The number of fused-ring (bicyclic) bond motifs is 1. The summed E-state index contributed by atoms with van der Waals surface area (Å²) < 4.78 is 31.0. The zero-order chi connectivity index (χ0) is 15.0. The van der Waals surface area contributed by atoms with Crippen LogP contribution in [0.15, 0.2) is 47.4 Å². The summed E-state index contributed by atoms with van der Waals surface area (Å²) in [6, 6.07) is 11.8. The molecular formula is C16H21NaO3S. The molecule has 2 aromatic carbocycles. The molecule has 0 unspecified atom stereocenters. The van der Waals surface area contributed by atoms with E-state index in [1.54, 1.807) is 30.3 Å². The van der Waals surface area contributed by atoms with E-state index in [0.29, 0.717) is 5.39 Å². The maximum atomic E-state index is 11.0. The van der Waals surface area contributed by atoms with Crippen LogP contribution in [-0.4, -0.2) is 13.0 Å². The first kappa shape index (κ1) is 20.6. The molecule has 0 bridgehead atoms. The molecule has 0 spiro atoms. The first-order valence-corrected chi connectivity index (χ1v) is 8.19. The van der Waals surface area contributed by atoms with E-state index in [1.807, 2.05) is 6.07 Å². The van der Waals surface area contributed by atoms with Crippen LogP contribution in [0.5, 0.6) is 0 Å². The van der Waals surface area contributed by atoms with Gasteiger partial charge in [0.1, 0.15) is 4.90 Å². The van der Waals surface area contributed by atoms with Crippen molar-refractivity contribution in [3.63, 3.8) is 0 Å². The van der Waals surface area contributed by atoms with Gasteiger partial charge in [0.05, 0.1) is 0 Å². The zero-order valence-electron chi connectivity index (χ0n) is 12.7. The maximum Gasteiger partial charge on any atom is 1.00 e. The molecule has 2 rings (SSSR count). The van der Waals surface area contributed by atoms with Crippen molar-refractivity contribution in [1.29, 1.82) is 0 Å². The van der Waals surface area contributed by atoms with Crippen LogP contribution in [0.4, 0.5) is 0 Å². The van der Waals surface area contributed by atoms with Crippen molar-refractivity contribution in [2.75, 3.05) is 0 Å². The van der Waals surface area contributed by atoms with Crippen molar-refractivity contribution in [2.45, 2.75) is 37.5 Å². The predicted octanol–water partition coefficient (Wildman–Crippen LogP) is 1.49. The second kappa shape index (κ2) is 10.4. The second-order valence-corrected chi connectivity index (χ2v) is 5.90. The monoisotopic (exact) mass is 316 g/mol. The molecule has 0 saturated heterocycles. The number of benzene rings is 2. The van der Waals surface area contributed by atoms with Gasteiger partial charge in [-0.15, -0.1) is 0 Å². The van der Waals surface area contributed by atoms with E-state index < -0.39 is 10.1 Å². The summed E-state index contributed by atoms with van der Waals surface area (Å²) in [6.07, 6.45) is 5.07. The van der Waals surface area contributed by atoms with Crippen molar-refractivity contribution in [3.05, 3.63) is 49.4 Å². The normalized spacial score (nSPS) is 10.4. The van der Waals surface area contributed by atoms with Crippen LogP contribution in [-0.2, 0) is 10.1 Å². The summed E-state index contributed by atoms with van der Waals surface area (Å²) >= 11 is 0. The fourth-order valence-electron chi connectivity index (χ4n) is 1.85. The Morgan fingerprint density at radius 2 is 1.67 bits per heavy atom. The summed E-state index contributed by atoms with van der Waals surface area (Å²) in [4.78, 5) is -0.0457. The molecule has 0 amide bonds. The first-order chi connectivity index (χ1) is 9.50. The van der Waals surface area contributed by atoms with Crippen molar-refractivity contribution < 1.29 is 42.5 Å². The Hall–Kier alpha value is -0.390. The van der Waals surface area contributed by atoms with Gasteiger partial charge in [-0.25, -0.2) is 0 Å². The minimum absolute atomic E-state index is 0. The summed E-state index contributed by atoms with van der Waals surface area (Å²) in [7, 11) is -4.13. The van der Waals surface area contributed by atoms with E-state index in [9.17, 15) is 8.42 Å². The molecule has 0 saturated carbocycles. The minimum atomic E-state index is -4.13. The average Bonchev–Trinajstić information content (AvgIpc) is 2.44. The summed E-state index contributed by atoms with van der Waals surface area (Å²) in [5.74, 6) is 0. The number of hydrogen-bond donors (Lipinski definition) is 1. The van der Waals surface area contributed by atoms with Crippen LogP contribution in [0.3, 0.4) is 0 Å². The average molecular weight is 316 g/mol. The molecule has 21 heavy (non-hydrogen) atoms. The van der Waals surface area contributed by atoms with Gasteiger partial charge in [-0.1, -0.05) is 62.6 Å². The first-order valence-electron chi connectivity index (χ1n) is 6.75. The van der Waals surface area contributed by atoms with E-state index in [-0.39, 0.29) is 34.5 Å². The summed E-state index contributed by atoms with van der Waals surface area (Å²) in [5, 5.41) is 1.33. The van der Waals surface area contributed by atoms with Crippen molar-refractivity contribution in [2.24, 2.45) is 0 Å². The molecule has 110 valence electrons. The van der Waals surface area contributed by atoms with Crippen LogP contribution in [0.2, 0.25) is 0 Å². The molecule has 0 radical (unpaired) electrons. The van der Waals surface area contributed by atoms with E-state index >= 15 is 0 Å². The van der Waals surface area contributed by atoms with Gasteiger partial charge in [0.2, 0.25) is 0 Å². The van der Waals surface area contributed by atoms with Gasteiger partial charge in [0.25, 0.3) is 10.1 Å². The molecule has 0 fully saturated rings. The maximum absolute atomic E-state index is 11.0. The minimum Gasteiger partial charge on any atom is -0.343 e. The van der Waals surface area contributed by atoms with Gasteiger partial charge in [-0.3, -0.25) is 4.55 Å². The Bertz CT molecular complexity index is 630. The molecule has 3 nitrogen and oxygen atoms in total. The van der Waals surface area contributed by atoms with Crippen molar-refractivity contribution in [1.82, 2.24) is 0 Å². The van der Waals surface area contributed by atoms with Crippen molar-refractivity contribution in [3.8, 4) is 0 Å². The molecule has 0 atom stereocenters. The predicted molar refractivity (Wildman–Crippen MR) is 83.3 cm³/mol. The number of hydrogen-bond acceptors (Lipinski definition) is 2. The van der Waals surface area contributed by atoms with Gasteiger partial charge >= 0.3 is 29.6 Å². The molecule has 0 aliphatic heterocycles. The van der Waals surface area contributed by atoms with Gasteiger partial charge < -0.3 is 6.92 Å². The van der Waals surface area contributed by atoms with Gasteiger partial charge in [-0.2, -0.15) is 14.8 Å². The quantitative estimate of drug-likeness (QED) is 0.402. The van der Waals surface area contributed by atoms with E-state index in [2.05, 4.69) is 13.8 Å². The molecule has 1 N–H and O–H groups in total.